The number of aryl methyl sites for hydroxylation is 3. The fraction of sp³-hybridized carbons (Fsp3) is 0.212. The normalized spacial score (nSPS) is 13.3. The van der Waals surface area contributed by atoms with Crippen LogP contribution in [-0.4, -0.2) is 30.7 Å². The number of phenolic OH excluding ortho intramolecular Hbond substituents is 1. The molecule has 0 spiro atoms. The molecule has 546 valence electrons. The van der Waals surface area contributed by atoms with Crippen molar-refractivity contribution in [1.82, 2.24) is 0 Å². The van der Waals surface area contributed by atoms with Crippen molar-refractivity contribution < 1.29 is 103 Å². The maximum atomic E-state index is 14.8. The van der Waals surface area contributed by atoms with Crippen LogP contribution >= 0.6 is 0 Å². The van der Waals surface area contributed by atoms with E-state index in [1.807, 2.05) is 20.8 Å². The van der Waals surface area contributed by atoms with Gasteiger partial charge in [0, 0.05) is 64.7 Å². The first-order chi connectivity index (χ1) is 47.2. The Kier molecular flexibility index (Phi) is 25.3. The molecule has 5 nitrogen and oxygen atoms in total. The minimum Gasteiger partial charge on any atom is -0.508 e. The third kappa shape index (κ3) is 18.6. The number of hydrogen-bond donors (Lipinski definition) is 1. The molecule has 0 saturated heterocycles. The lowest BCUT2D eigenvalue weighted by molar-refractivity contribution is -0.137. The van der Waals surface area contributed by atoms with Gasteiger partial charge < -0.3 is 46.3 Å². The summed E-state index contributed by atoms with van der Waals surface area (Å²) in [7, 11) is 1.53. The quantitative estimate of drug-likeness (QED) is 0.0921. The summed E-state index contributed by atoms with van der Waals surface area (Å²) in [6.07, 6.45) is -16.7. The zero-order valence-corrected chi connectivity index (χ0v) is 56.3. The van der Waals surface area contributed by atoms with Gasteiger partial charge in [0.1, 0.15) is 80.9 Å². The number of methoxy groups -OCH3 is 1. The molecule has 0 bridgehead atoms. The van der Waals surface area contributed by atoms with Crippen molar-refractivity contribution >= 4 is 34.9 Å². The van der Waals surface area contributed by atoms with Crippen LogP contribution in [0.15, 0.2) is 146 Å². The Labute approximate surface area is 581 Å². The number of phenols is 1. The molecule has 3 heterocycles. The standard InChI is InChI=1S/C26H18F8O.C26H21F5O2.C25H19F5O2.3CH3/c1-2-5-14-10-22-17(12-20(14)27)24(16-6-3-4-7-19(16)26(32,33)34)18-13-21(28)15(11-23(18)35-22)8-9-25(29,30)31;1-3-4-16-11-23-19(13-21(16)27)25(15-5-7-18(32-2)8-6-15)20-14-22(28)17(12-24(20)33-23)9-10-26(29,30)31;1-2-3-15-10-22-18(12-20(15)26)24(14-4-6-17(31)7-5-14)19-13-21(27)16(11-23(19)32-22)8-9-25(28,29)30;;;/h3-4,6-8,10-13H,2,5,9H2,1H3;5-9,11-14H,3-4,10H2,1-2H3;4-8,10-13,31H,2-3,9H2,1H3;3*1H3/q;;;3*-1/b15-8-;17-9-;16-8-;;;. The lowest BCUT2D eigenvalue weighted by atomic mass is 9.88. The second-order valence-electron chi connectivity index (χ2n) is 23.5. The molecule has 0 fully saturated rings. The van der Waals surface area contributed by atoms with Gasteiger partial charge in [0.05, 0.1) is 31.9 Å². The van der Waals surface area contributed by atoms with Crippen LogP contribution in [0.25, 0.3) is 34.9 Å². The lowest BCUT2D eigenvalue weighted by Gasteiger charge is -2.24. The molecule has 1 N–H and O–H groups in total. The first-order valence-corrected chi connectivity index (χ1v) is 31.2. The van der Waals surface area contributed by atoms with E-state index in [1.54, 1.807) is 48.5 Å². The Balaban J connectivity index is 0.000000213. The number of rotatable bonds is 13. The fourth-order valence-electron chi connectivity index (χ4n) is 11.7. The Morgan fingerprint density at radius 3 is 1.01 bits per heavy atom. The van der Waals surface area contributed by atoms with Gasteiger partial charge in [0.25, 0.3) is 0 Å². The smallest absolute Gasteiger partial charge is 0.417 e. The van der Waals surface area contributed by atoms with Crippen molar-refractivity contribution in [2.45, 2.75) is 103 Å². The van der Waals surface area contributed by atoms with Crippen molar-refractivity contribution in [3.05, 3.63) is 290 Å². The van der Waals surface area contributed by atoms with Crippen molar-refractivity contribution in [3.8, 4) is 46.0 Å². The number of aromatic hydroxyl groups is 1. The Morgan fingerprint density at radius 2 is 0.689 bits per heavy atom. The number of fused-ring (bicyclic) bond motifs is 6. The lowest BCUT2D eigenvalue weighted by Crippen LogP contribution is -2.24. The van der Waals surface area contributed by atoms with E-state index >= 15 is 0 Å². The van der Waals surface area contributed by atoms with E-state index in [0.29, 0.717) is 105 Å². The van der Waals surface area contributed by atoms with Crippen LogP contribution in [0.5, 0.6) is 46.0 Å². The van der Waals surface area contributed by atoms with Gasteiger partial charge in [-0.2, -0.15) is 52.7 Å². The largest absolute Gasteiger partial charge is 0.508 e. The summed E-state index contributed by atoms with van der Waals surface area (Å²) in [5, 5.41) is 9.28. The Bertz CT molecular complexity index is 5000. The van der Waals surface area contributed by atoms with Crippen LogP contribution < -0.4 is 50.3 Å². The van der Waals surface area contributed by atoms with Gasteiger partial charge in [0.15, 0.2) is 0 Å². The molecule has 0 radical (unpaired) electrons. The van der Waals surface area contributed by atoms with Crippen LogP contribution in [0.1, 0.15) is 115 Å². The van der Waals surface area contributed by atoms with E-state index in [2.05, 4.69) is 0 Å². The first-order valence-electron chi connectivity index (χ1n) is 31.2. The molecule has 3 aliphatic rings. The number of halogens is 18. The molecule has 9 aromatic carbocycles. The van der Waals surface area contributed by atoms with Gasteiger partial charge in [-0.15, -0.1) is 0 Å². The van der Waals surface area contributed by atoms with Crippen molar-refractivity contribution in [3.63, 3.8) is 0 Å². The zero-order chi connectivity index (χ0) is 72.3. The summed E-state index contributed by atoms with van der Waals surface area (Å²) in [6.45, 7) is 5.65. The maximum Gasteiger partial charge on any atom is 0.417 e. The van der Waals surface area contributed by atoms with E-state index in [4.69, 9.17) is 18.9 Å². The maximum absolute atomic E-state index is 14.8. The minimum absolute atomic E-state index is 0. The molecule has 0 aromatic heterocycles. The molecule has 103 heavy (non-hydrogen) atoms. The number of ether oxygens (including phenoxy) is 4. The highest BCUT2D eigenvalue weighted by Crippen LogP contribution is 2.44. The number of alkyl halides is 12. The predicted octanol–water partition coefficient (Wildman–Crippen LogP) is 20.1. The van der Waals surface area contributed by atoms with E-state index in [9.17, 15) is 84.1 Å². The topological polar surface area (TPSA) is 57.2 Å². The van der Waals surface area contributed by atoms with Gasteiger partial charge in [-0.25, -0.2) is 26.3 Å². The highest BCUT2D eigenvalue weighted by Gasteiger charge is 2.37. The van der Waals surface area contributed by atoms with Gasteiger partial charge in [-0.3, -0.25) is 0 Å². The van der Waals surface area contributed by atoms with Gasteiger partial charge >= 0.3 is 24.7 Å². The van der Waals surface area contributed by atoms with Crippen LogP contribution in [0.2, 0.25) is 0 Å². The monoisotopic (exact) mass is 1450 g/mol. The molecule has 23 heteroatoms. The summed E-state index contributed by atoms with van der Waals surface area (Å²) >= 11 is 0. The van der Waals surface area contributed by atoms with Crippen LogP contribution in [-0.2, 0) is 25.4 Å². The van der Waals surface area contributed by atoms with Crippen LogP contribution in [0.4, 0.5) is 79.0 Å². The summed E-state index contributed by atoms with van der Waals surface area (Å²) in [5.41, 5.74) is 2.74. The summed E-state index contributed by atoms with van der Waals surface area (Å²) < 4.78 is 267. The average Bonchev–Trinajstić information content (AvgIpc) is 0.754. The zero-order valence-electron chi connectivity index (χ0n) is 56.3. The van der Waals surface area contributed by atoms with Crippen LogP contribution in [0.3, 0.4) is 0 Å². The van der Waals surface area contributed by atoms with Crippen molar-refractivity contribution in [2.24, 2.45) is 0 Å². The molecule has 9 aromatic rings. The molecule has 0 atom stereocenters. The Morgan fingerprint density at radius 1 is 0.369 bits per heavy atom. The molecule has 0 saturated carbocycles. The molecule has 0 amide bonds. The summed E-state index contributed by atoms with van der Waals surface area (Å²) in [5.74, 6) is -2.62. The number of benzene rings is 9. The van der Waals surface area contributed by atoms with Crippen molar-refractivity contribution in [1.29, 1.82) is 0 Å². The minimum atomic E-state index is -4.78. The van der Waals surface area contributed by atoms with Gasteiger partial charge in [-0.05, 0) is 156 Å². The van der Waals surface area contributed by atoms with E-state index in [-0.39, 0.29) is 94.2 Å². The molecule has 0 unspecified atom stereocenters. The van der Waals surface area contributed by atoms with Crippen molar-refractivity contribution in [2.75, 3.05) is 7.11 Å². The first kappa shape index (κ1) is 80.3. The van der Waals surface area contributed by atoms with E-state index in [0.717, 1.165) is 55.0 Å². The fourth-order valence-corrected chi connectivity index (χ4v) is 11.7. The number of hydrogen-bond acceptors (Lipinski definition) is 5. The SMILES string of the molecule is CCCc1cc2c(cc1F)C(c1ccc(O)cc1)=c1cc(F)/c(=C\CC(F)(F)F)cc1O2.CCCc1cc2c(cc1F)C(c1ccc(OC)cc1)=c1cc(F)/c(=C\CC(F)(F)F)cc1O2.CCCc1cc2c(cc1F)C(c1ccccc1C(F)(F)F)=c1cc(F)/c(=C\CC(F)(F)F)cc1O2.[CH3-].[CH3-].[CH3-]. The van der Waals surface area contributed by atoms with Gasteiger partial charge in [-0.1, -0.05) is 101 Å². The highest BCUT2D eigenvalue weighted by atomic mass is 19.4. The van der Waals surface area contributed by atoms with Gasteiger partial charge in [0.2, 0.25) is 0 Å². The van der Waals surface area contributed by atoms with E-state index < -0.39 is 89.7 Å². The van der Waals surface area contributed by atoms with E-state index in [1.165, 1.54) is 67.8 Å². The highest BCUT2D eigenvalue weighted by molar-refractivity contribution is 5.88. The van der Waals surface area contributed by atoms with Crippen LogP contribution in [0, 0.1) is 57.2 Å². The molecule has 12 rings (SSSR count). The predicted molar refractivity (Wildman–Crippen MR) is 360 cm³/mol. The third-order valence-corrected chi connectivity index (χ3v) is 16.3. The third-order valence-electron chi connectivity index (χ3n) is 16.3. The Hall–Kier alpha value is -10.1. The molecule has 3 aliphatic heterocycles. The summed E-state index contributed by atoms with van der Waals surface area (Å²) in [6, 6.07) is 32.4. The molecular weight excluding hydrogens is 1380 g/mol. The molecular formula is C80H67F18O5-3. The molecule has 0 aliphatic carbocycles. The average molecular weight is 1450 g/mol. The second kappa shape index (κ2) is 32.5. The second-order valence-corrected chi connectivity index (χ2v) is 23.5. The summed E-state index contributed by atoms with van der Waals surface area (Å²) in [4.78, 5) is 0.